The highest BCUT2D eigenvalue weighted by atomic mass is 32.2. The molecule has 27 heavy (non-hydrogen) atoms. The number of amides is 1. The van der Waals surface area contributed by atoms with Gasteiger partial charge in [-0.05, 0) is 38.5 Å². The summed E-state index contributed by atoms with van der Waals surface area (Å²) in [5, 5.41) is 2.84. The number of anilines is 1. The van der Waals surface area contributed by atoms with Crippen LogP contribution in [-0.2, 0) is 14.8 Å². The summed E-state index contributed by atoms with van der Waals surface area (Å²) in [6, 6.07) is 16.0. The van der Waals surface area contributed by atoms with E-state index in [1.165, 1.54) is 0 Å². The standard InChI is InChI=1S/C20H26N2O4S/c1-15(2)26-19-12-8-11-18(13-19)22(27(4,24)25)14-20(23)21-16(3)17-9-6-5-7-10-17/h5-13,15-16H,14H2,1-4H3,(H,21,23)/t16-/m1/s1. The number of nitrogens with one attached hydrogen (secondary N) is 1. The molecule has 2 rings (SSSR count). The summed E-state index contributed by atoms with van der Waals surface area (Å²) < 4.78 is 31.2. The number of rotatable bonds is 8. The number of carbonyl (C=O) groups excluding carboxylic acids is 1. The molecule has 0 unspecified atom stereocenters. The molecule has 6 nitrogen and oxygen atoms in total. The van der Waals surface area contributed by atoms with Crippen LogP contribution < -0.4 is 14.4 Å². The van der Waals surface area contributed by atoms with E-state index in [9.17, 15) is 13.2 Å². The minimum atomic E-state index is -3.64. The zero-order valence-corrected chi connectivity index (χ0v) is 16.9. The number of benzene rings is 2. The predicted molar refractivity (Wildman–Crippen MR) is 107 cm³/mol. The van der Waals surface area contributed by atoms with Gasteiger partial charge in [-0.25, -0.2) is 8.42 Å². The van der Waals surface area contributed by atoms with E-state index in [0.717, 1.165) is 16.1 Å². The van der Waals surface area contributed by atoms with Crippen molar-refractivity contribution in [2.45, 2.75) is 32.9 Å². The van der Waals surface area contributed by atoms with Gasteiger partial charge in [0.25, 0.3) is 0 Å². The molecule has 0 bridgehead atoms. The van der Waals surface area contributed by atoms with Crippen LogP contribution in [0.25, 0.3) is 0 Å². The lowest BCUT2D eigenvalue weighted by Gasteiger charge is -2.24. The second kappa shape index (κ2) is 8.90. The van der Waals surface area contributed by atoms with Crippen molar-refractivity contribution in [3.8, 4) is 5.75 Å². The van der Waals surface area contributed by atoms with Crippen molar-refractivity contribution in [2.24, 2.45) is 0 Å². The van der Waals surface area contributed by atoms with Gasteiger partial charge in [-0.1, -0.05) is 36.4 Å². The van der Waals surface area contributed by atoms with Gasteiger partial charge in [0.05, 0.1) is 24.1 Å². The third-order valence-corrected chi connectivity index (χ3v) is 4.98. The second-order valence-electron chi connectivity index (χ2n) is 6.63. The number of nitrogens with zero attached hydrogens (tertiary/aromatic N) is 1. The summed E-state index contributed by atoms with van der Waals surface area (Å²) in [7, 11) is -3.64. The van der Waals surface area contributed by atoms with Gasteiger partial charge in [0.15, 0.2) is 0 Å². The Bertz CT molecular complexity index is 867. The van der Waals surface area contributed by atoms with Crippen molar-refractivity contribution in [1.82, 2.24) is 5.32 Å². The fourth-order valence-corrected chi connectivity index (χ4v) is 3.48. The van der Waals surface area contributed by atoms with Crippen LogP contribution >= 0.6 is 0 Å². The second-order valence-corrected chi connectivity index (χ2v) is 8.54. The summed E-state index contributed by atoms with van der Waals surface area (Å²) in [5.74, 6) is 0.168. The minimum absolute atomic E-state index is 0.0399. The van der Waals surface area contributed by atoms with Gasteiger partial charge >= 0.3 is 0 Å². The topological polar surface area (TPSA) is 75.7 Å². The molecule has 0 radical (unpaired) electrons. The molecule has 0 heterocycles. The Labute approximate surface area is 161 Å². The van der Waals surface area contributed by atoms with Crippen molar-refractivity contribution in [1.29, 1.82) is 0 Å². The third kappa shape index (κ3) is 6.29. The van der Waals surface area contributed by atoms with Gasteiger partial charge in [0, 0.05) is 6.07 Å². The number of ether oxygens (including phenoxy) is 1. The molecule has 0 aliphatic rings. The molecule has 1 atom stereocenters. The van der Waals surface area contributed by atoms with E-state index in [0.29, 0.717) is 11.4 Å². The van der Waals surface area contributed by atoms with E-state index in [1.807, 2.05) is 51.1 Å². The third-order valence-electron chi connectivity index (χ3n) is 3.84. The molecule has 1 amide bonds. The first-order valence-corrected chi connectivity index (χ1v) is 10.6. The zero-order chi connectivity index (χ0) is 20.0. The van der Waals surface area contributed by atoms with E-state index in [-0.39, 0.29) is 24.6 Å². The molecule has 146 valence electrons. The Morgan fingerprint density at radius 2 is 1.74 bits per heavy atom. The smallest absolute Gasteiger partial charge is 0.241 e. The van der Waals surface area contributed by atoms with Crippen LogP contribution in [0.4, 0.5) is 5.69 Å². The fraction of sp³-hybridized carbons (Fsp3) is 0.350. The minimum Gasteiger partial charge on any atom is -0.491 e. The summed E-state index contributed by atoms with van der Waals surface area (Å²) in [6.07, 6.45) is 1.04. The van der Waals surface area contributed by atoms with Crippen LogP contribution in [0.2, 0.25) is 0 Å². The molecule has 7 heteroatoms. The van der Waals surface area contributed by atoms with Gasteiger partial charge in [0.1, 0.15) is 12.3 Å². The summed E-state index contributed by atoms with van der Waals surface area (Å²) in [5.41, 5.74) is 1.34. The molecule has 1 N–H and O–H groups in total. The largest absolute Gasteiger partial charge is 0.491 e. The molecule has 0 aromatic heterocycles. The van der Waals surface area contributed by atoms with Crippen LogP contribution in [0.5, 0.6) is 5.75 Å². The SMILES string of the molecule is CC(C)Oc1cccc(N(CC(=O)N[C@H](C)c2ccccc2)S(C)(=O)=O)c1. The number of sulfonamides is 1. The number of hydrogen-bond donors (Lipinski definition) is 1. The molecule has 0 spiro atoms. The van der Waals surface area contributed by atoms with Crippen LogP contribution in [0, 0.1) is 0 Å². The van der Waals surface area contributed by atoms with Gasteiger partial charge in [-0.2, -0.15) is 0 Å². The quantitative estimate of drug-likeness (QED) is 0.751. The Morgan fingerprint density at radius 1 is 1.07 bits per heavy atom. The lowest BCUT2D eigenvalue weighted by Crippen LogP contribution is -2.41. The molecule has 0 fully saturated rings. The molecule has 2 aromatic carbocycles. The first-order valence-electron chi connectivity index (χ1n) is 8.75. The summed E-state index contributed by atoms with van der Waals surface area (Å²) in [6.45, 7) is 5.33. The summed E-state index contributed by atoms with van der Waals surface area (Å²) in [4.78, 5) is 12.5. The molecular weight excluding hydrogens is 364 g/mol. The highest BCUT2D eigenvalue weighted by Crippen LogP contribution is 2.24. The average Bonchev–Trinajstić information content (AvgIpc) is 2.59. The maximum atomic E-state index is 12.5. The summed E-state index contributed by atoms with van der Waals surface area (Å²) >= 11 is 0. The molecule has 0 saturated carbocycles. The normalized spacial score (nSPS) is 12.5. The van der Waals surface area contributed by atoms with Crippen LogP contribution in [0.1, 0.15) is 32.4 Å². The molecule has 0 aliphatic heterocycles. The highest BCUT2D eigenvalue weighted by molar-refractivity contribution is 7.92. The average molecular weight is 391 g/mol. The van der Waals surface area contributed by atoms with E-state index in [1.54, 1.807) is 24.3 Å². The Morgan fingerprint density at radius 3 is 2.33 bits per heavy atom. The molecule has 2 aromatic rings. The zero-order valence-electron chi connectivity index (χ0n) is 16.0. The van der Waals surface area contributed by atoms with Crippen LogP contribution in [-0.4, -0.2) is 33.2 Å². The van der Waals surface area contributed by atoms with Crippen LogP contribution in [0.3, 0.4) is 0 Å². The monoisotopic (exact) mass is 390 g/mol. The van der Waals surface area contributed by atoms with Crippen molar-refractivity contribution < 1.29 is 17.9 Å². The lowest BCUT2D eigenvalue weighted by atomic mass is 10.1. The van der Waals surface area contributed by atoms with Crippen molar-refractivity contribution >= 4 is 21.6 Å². The maximum Gasteiger partial charge on any atom is 0.241 e. The van der Waals surface area contributed by atoms with Crippen LogP contribution in [0.15, 0.2) is 54.6 Å². The lowest BCUT2D eigenvalue weighted by molar-refractivity contribution is -0.120. The number of carbonyl (C=O) groups is 1. The van der Waals surface area contributed by atoms with Gasteiger partial charge in [0.2, 0.25) is 15.9 Å². The first-order chi connectivity index (χ1) is 12.7. The fourth-order valence-electron chi connectivity index (χ4n) is 2.63. The van der Waals surface area contributed by atoms with Crippen molar-refractivity contribution in [3.63, 3.8) is 0 Å². The van der Waals surface area contributed by atoms with E-state index in [2.05, 4.69) is 5.32 Å². The Balaban J connectivity index is 2.17. The molecule has 0 aliphatic carbocycles. The van der Waals surface area contributed by atoms with Crippen molar-refractivity contribution in [2.75, 3.05) is 17.1 Å². The van der Waals surface area contributed by atoms with E-state index in [4.69, 9.17) is 4.74 Å². The van der Waals surface area contributed by atoms with Crippen molar-refractivity contribution in [3.05, 3.63) is 60.2 Å². The van der Waals surface area contributed by atoms with Gasteiger partial charge in [-0.15, -0.1) is 0 Å². The maximum absolute atomic E-state index is 12.5. The van der Waals surface area contributed by atoms with E-state index < -0.39 is 10.0 Å². The van der Waals surface area contributed by atoms with Gasteiger partial charge in [-0.3, -0.25) is 9.10 Å². The molecule has 0 saturated heterocycles. The first kappa shape index (κ1) is 20.8. The van der Waals surface area contributed by atoms with E-state index >= 15 is 0 Å². The van der Waals surface area contributed by atoms with Gasteiger partial charge < -0.3 is 10.1 Å². The molecular formula is C20H26N2O4S. The predicted octanol–water partition coefficient (Wildman–Crippen LogP) is 3.12. The Kier molecular flexibility index (Phi) is 6.85. The Hall–Kier alpha value is -2.54. The number of hydrogen-bond acceptors (Lipinski definition) is 4. The highest BCUT2D eigenvalue weighted by Gasteiger charge is 2.22.